The first-order valence-corrected chi connectivity index (χ1v) is 11.2. The summed E-state index contributed by atoms with van der Waals surface area (Å²) in [6.45, 7) is 1.82. The van der Waals surface area contributed by atoms with Crippen LogP contribution in [-0.4, -0.2) is 39.5 Å². The Hall–Kier alpha value is -3.44. The Labute approximate surface area is 194 Å². The molecule has 4 N–H and O–H groups in total. The van der Waals surface area contributed by atoms with Crippen molar-refractivity contribution in [2.75, 3.05) is 23.5 Å². The van der Waals surface area contributed by atoms with Crippen molar-refractivity contribution < 1.29 is 13.9 Å². The Morgan fingerprint density at radius 2 is 2.03 bits per heavy atom. The summed E-state index contributed by atoms with van der Waals surface area (Å²) in [5.74, 6) is -0.619. The van der Waals surface area contributed by atoms with Crippen molar-refractivity contribution in [1.29, 1.82) is 0 Å². The van der Waals surface area contributed by atoms with E-state index >= 15 is 0 Å². The molecule has 0 unspecified atom stereocenters. The van der Waals surface area contributed by atoms with Crippen LogP contribution in [-0.2, 0) is 9.53 Å². The van der Waals surface area contributed by atoms with E-state index in [4.69, 9.17) is 10.5 Å². The minimum Gasteiger partial charge on any atom is -0.382 e. The standard InChI is InChI=1S/C22H24FN7O2S/c1-12-3-8-16(23)15(11-12)19(32-2)20(31)26-22-30-29-21(33-22)25-14-6-4-13(5-7-14)17-9-10-18(24)28-27-17/h3-4,8-11,14,19H,5-7H2,1-2H3,(H2,24,28)(H,25,29)(H,26,30,31)/t14-,19+/m1/s1. The van der Waals surface area contributed by atoms with Gasteiger partial charge in [-0.3, -0.25) is 10.1 Å². The molecule has 33 heavy (non-hydrogen) atoms. The number of allylic oxidation sites excluding steroid dienone is 1. The maximum atomic E-state index is 14.2. The molecule has 1 amide bonds. The fraction of sp³-hybridized carbons (Fsp3) is 0.318. The van der Waals surface area contributed by atoms with E-state index in [1.54, 1.807) is 18.2 Å². The number of halogens is 1. The summed E-state index contributed by atoms with van der Waals surface area (Å²) in [4.78, 5) is 12.7. The molecule has 1 aromatic carbocycles. The van der Waals surface area contributed by atoms with Gasteiger partial charge in [-0.25, -0.2) is 4.39 Å². The normalized spacial score (nSPS) is 16.7. The Bertz CT molecular complexity index is 1170. The van der Waals surface area contributed by atoms with Gasteiger partial charge in [0.15, 0.2) is 6.10 Å². The van der Waals surface area contributed by atoms with Crippen LogP contribution in [0.1, 0.15) is 42.2 Å². The number of nitrogens with two attached hydrogens (primary N) is 1. The Morgan fingerprint density at radius 3 is 2.73 bits per heavy atom. The lowest BCUT2D eigenvalue weighted by Gasteiger charge is -2.22. The topological polar surface area (TPSA) is 128 Å². The number of hydrogen-bond donors (Lipinski definition) is 3. The van der Waals surface area contributed by atoms with Gasteiger partial charge in [-0.1, -0.05) is 35.1 Å². The van der Waals surface area contributed by atoms with Crippen LogP contribution in [0.4, 0.5) is 20.5 Å². The second-order valence-corrected chi connectivity index (χ2v) is 8.71. The van der Waals surface area contributed by atoms with E-state index in [0.29, 0.717) is 16.1 Å². The van der Waals surface area contributed by atoms with Crippen molar-refractivity contribution >= 4 is 38.9 Å². The number of amides is 1. The van der Waals surface area contributed by atoms with Crippen molar-refractivity contribution in [3.8, 4) is 0 Å². The molecule has 0 fully saturated rings. The molecule has 0 bridgehead atoms. The quantitative estimate of drug-likeness (QED) is 0.478. The molecule has 172 valence electrons. The third-order valence-electron chi connectivity index (χ3n) is 5.32. The highest BCUT2D eigenvalue weighted by molar-refractivity contribution is 7.19. The summed E-state index contributed by atoms with van der Waals surface area (Å²) < 4.78 is 19.5. The number of nitrogens with one attached hydrogen (secondary N) is 2. The van der Waals surface area contributed by atoms with E-state index in [1.165, 1.54) is 24.5 Å². The van der Waals surface area contributed by atoms with Gasteiger partial charge in [0.25, 0.3) is 5.91 Å². The van der Waals surface area contributed by atoms with E-state index in [1.807, 2.05) is 13.0 Å². The number of nitrogen functional groups attached to an aromatic ring is 1. The monoisotopic (exact) mass is 469 g/mol. The molecule has 0 spiro atoms. The van der Waals surface area contributed by atoms with Crippen LogP contribution in [0, 0.1) is 12.7 Å². The van der Waals surface area contributed by atoms with Gasteiger partial charge in [0, 0.05) is 18.7 Å². The number of aryl methyl sites for hydroxylation is 1. The average molecular weight is 470 g/mol. The number of carbonyl (C=O) groups is 1. The first kappa shape index (κ1) is 22.7. The Morgan fingerprint density at radius 1 is 1.21 bits per heavy atom. The first-order chi connectivity index (χ1) is 15.9. The zero-order valence-corrected chi connectivity index (χ0v) is 19.0. The summed E-state index contributed by atoms with van der Waals surface area (Å²) in [6.07, 6.45) is 3.56. The van der Waals surface area contributed by atoms with Gasteiger partial charge in [0.05, 0.1) is 5.69 Å². The first-order valence-electron chi connectivity index (χ1n) is 10.4. The van der Waals surface area contributed by atoms with Gasteiger partial charge in [-0.05, 0) is 50.0 Å². The van der Waals surface area contributed by atoms with E-state index in [0.717, 1.165) is 36.1 Å². The number of methoxy groups -OCH3 is 1. The van der Waals surface area contributed by atoms with Crippen molar-refractivity contribution in [1.82, 2.24) is 20.4 Å². The fourth-order valence-electron chi connectivity index (χ4n) is 3.63. The number of aromatic nitrogens is 4. The largest absolute Gasteiger partial charge is 0.382 e. The number of hydrogen-bond acceptors (Lipinski definition) is 9. The highest BCUT2D eigenvalue weighted by Gasteiger charge is 2.25. The smallest absolute Gasteiger partial charge is 0.260 e. The Balaban J connectivity index is 1.36. The molecule has 4 rings (SSSR count). The highest BCUT2D eigenvalue weighted by Crippen LogP contribution is 2.30. The van der Waals surface area contributed by atoms with Crippen molar-refractivity contribution in [2.45, 2.75) is 38.3 Å². The average Bonchev–Trinajstić information content (AvgIpc) is 3.24. The lowest BCUT2D eigenvalue weighted by molar-refractivity contribution is -0.126. The molecule has 11 heteroatoms. The van der Waals surface area contributed by atoms with Gasteiger partial charge >= 0.3 is 0 Å². The predicted molar refractivity (Wildman–Crippen MR) is 125 cm³/mol. The summed E-state index contributed by atoms with van der Waals surface area (Å²) in [5, 5.41) is 23.1. The van der Waals surface area contributed by atoms with E-state index in [9.17, 15) is 9.18 Å². The molecule has 2 atom stereocenters. The third kappa shape index (κ3) is 5.49. The van der Waals surface area contributed by atoms with Gasteiger partial charge in [0.1, 0.15) is 11.6 Å². The van der Waals surface area contributed by atoms with Crippen LogP contribution in [0.3, 0.4) is 0 Å². The lowest BCUT2D eigenvalue weighted by Crippen LogP contribution is -2.23. The summed E-state index contributed by atoms with van der Waals surface area (Å²) in [6, 6.07) is 8.35. The van der Waals surface area contributed by atoms with Crippen molar-refractivity contribution in [3.63, 3.8) is 0 Å². The van der Waals surface area contributed by atoms with Crippen LogP contribution >= 0.6 is 11.3 Å². The van der Waals surface area contributed by atoms with Gasteiger partial charge in [0.2, 0.25) is 10.3 Å². The number of carbonyl (C=O) groups excluding carboxylic acids is 1. The Kier molecular flexibility index (Phi) is 6.90. The molecule has 2 heterocycles. The summed E-state index contributed by atoms with van der Waals surface area (Å²) >= 11 is 1.21. The van der Waals surface area contributed by atoms with Crippen molar-refractivity contribution in [2.24, 2.45) is 0 Å². The van der Waals surface area contributed by atoms with Gasteiger partial charge < -0.3 is 15.8 Å². The third-order valence-corrected chi connectivity index (χ3v) is 6.09. The van der Waals surface area contributed by atoms with E-state index < -0.39 is 17.8 Å². The zero-order chi connectivity index (χ0) is 23.4. The maximum absolute atomic E-state index is 14.2. The van der Waals surface area contributed by atoms with E-state index in [2.05, 4.69) is 37.1 Å². The molecule has 3 aromatic rings. The summed E-state index contributed by atoms with van der Waals surface area (Å²) in [5.41, 5.74) is 8.58. The molecule has 0 aliphatic heterocycles. The zero-order valence-electron chi connectivity index (χ0n) is 18.2. The lowest BCUT2D eigenvalue weighted by atomic mass is 9.93. The second kappa shape index (κ2) is 10.0. The number of anilines is 3. The summed E-state index contributed by atoms with van der Waals surface area (Å²) in [7, 11) is 1.36. The number of ether oxygens (including phenoxy) is 1. The minimum atomic E-state index is -1.09. The van der Waals surface area contributed by atoms with E-state index in [-0.39, 0.29) is 11.6 Å². The molecule has 1 aliphatic carbocycles. The maximum Gasteiger partial charge on any atom is 0.260 e. The van der Waals surface area contributed by atoms with Crippen LogP contribution in [0.15, 0.2) is 36.4 Å². The van der Waals surface area contributed by atoms with Crippen molar-refractivity contribution in [3.05, 3.63) is 59.0 Å². The van der Waals surface area contributed by atoms with Gasteiger partial charge in [-0.2, -0.15) is 0 Å². The number of benzene rings is 1. The van der Waals surface area contributed by atoms with Crippen LogP contribution < -0.4 is 16.4 Å². The number of rotatable bonds is 7. The highest BCUT2D eigenvalue weighted by atomic mass is 32.1. The number of nitrogens with zero attached hydrogens (tertiary/aromatic N) is 4. The molecule has 0 radical (unpaired) electrons. The molecule has 0 saturated heterocycles. The minimum absolute atomic E-state index is 0.174. The molecule has 9 nitrogen and oxygen atoms in total. The second-order valence-electron chi connectivity index (χ2n) is 7.73. The predicted octanol–water partition coefficient (Wildman–Crippen LogP) is 3.73. The van der Waals surface area contributed by atoms with Crippen LogP contribution in [0.25, 0.3) is 5.57 Å². The van der Waals surface area contributed by atoms with Crippen LogP contribution in [0.2, 0.25) is 0 Å². The molecule has 1 aliphatic rings. The van der Waals surface area contributed by atoms with Gasteiger partial charge in [-0.15, -0.1) is 20.4 Å². The molecule has 0 saturated carbocycles. The molecule has 2 aromatic heterocycles. The fourth-order valence-corrected chi connectivity index (χ4v) is 4.35. The molecular formula is C22H24FN7O2S. The SMILES string of the molecule is CO[C@H](C(=O)Nc1nnc(N[C@@H]2CC=C(c3ccc(N)nn3)CC2)s1)c1cc(C)ccc1F. The molecular weight excluding hydrogens is 445 g/mol. The van der Waals surface area contributed by atoms with Crippen LogP contribution in [0.5, 0.6) is 0 Å².